The number of allylic oxidation sites excluding steroid dienone is 1. The van der Waals surface area contributed by atoms with Gasteiger partial charge >= 0.3 is 0 Å². The normalized spacial score (nSPS) is 16.8. The van der Waals surface area contributed by atoms with Crippen LogP contribution in [0.15, 0.2) is 12.2 Å². The van der Waals surface area contributed by atoms with Gasteiger partial charge in [-0.15, -0.1) is 0 Å². The molecule has 1 atom stereocenters. The molecule has 0 aromatic rings. The SMILES string of the molecule is CCCCC(C=CCBr)(CC)O[Si](C)(C)C(C)(C)C. The van der Waals surface area contributed by atoms with Crippen molar-refractivity contribution in [1.82, 2.24) is 0 Å². The van der Waals surface area contributed by atoms with E-state index >= 15 is 0 Å². The van der Waals surface area contributed by atoms with Crippen LogP contribution in [0.25, 0.3) is 0 Å². The van der Waals surface area contributed by atoms with Gasteiger partial charge in [0.15, 0.2) is 8.32 Å². The first-order chi connectivity index (χ1) is 8.64. The molecule has 0 aromatic heterocycles. The van der Waals surface area contributed by atoms with Gasteiger partial charge < -0.3 is 4.43 Å². The van der Waals surface area contributed by atoms with Crippen LogP contribution in [0.4, 0.5) is 0 Å². The van der Waals surface area contributed by atoms with Gasteiger partial charge in [-0.1, -0.05) is 75.5 Å². The Morgan fingerprint density at radius 1 is 1.16 bits per heavy atom. The molecule has 0 radical (unpaired) electrons. The highest BCUT2D eigenvalue weighted by molar-refractivity contribution is 9.09. The molecule has 0 saturated heterocycles. The van der Waals surface area contributed by atoms with Crippen molar-refractivity contribution < 1.29 is 4.43 Å². The molecule has 0 bridgehead atoms. The number of hydrogen-bond donors (Lipinski definition) is 0. The molecular formula is C16H33BrOSi. The fourth-order valence-corrected chi connectivity index (χ4v) is 3.76. The fourth-order valence-electron chi connectivity index (χ4n) is 1.93. The van der Waals surface area contributed by atoms with E-state index in [0.29, 0.717) is 0 Å². The van der Waals surface area contributed by atoms with Crippen LogP contribution in [0.2, 0.25) is 18.1 Å². The first-order valence-electron chi connectivity index (χ1n) is 7.58. The summed E-state index contributed by atoms with van der Waals surface area (Å²) in [6.07, 6.45) is 9.16. The van der Waals surface area contributed by atoms with Crippen LogP contribution in [0.3, 0.4) is 0 Å². The summed E-state index contributed by atoms with van der Waals surface area (Å²) in [5.74, 6) is 0. The van der Waals surface area contributed by atoms with E-state index in [-0.39, 0.29) is 10.6 Å². The highest BCUT2D eigenvalue weighted by Crippen LogP contribution is 2.41. The van der Waals surface area contributed by atoms with Crippen molar-refractivity contribution >= 4 is 24.2 Å². The minimum atomic E-state index is -1.73. The molecule has 0 fully saturated rings. The molecule has 1 nitrogen and oxygen atoms in total. The molecule has 1 unspecified atom stereocenters. The van der Waals surface area contributed by atoms with Crippen LogP contribution < -0.4 is 0 Å². The molecule has 0 saturated carbocycles. The van der Waals surface area contributed by atoms with E-state index in [4.69, 9.17) is 4.43 Å². The Morgan fingerprint density at radius 2 is 1.74 bits per heavy atom. The number of halogens is 1. The van der Waals surface area contributed by atoms with Gasteiger partial charge in [-0.05, 0) is 31.0 Å². The van der Waals surface area contributed by atoms with Gasteiger partial charge in [-0.2, -0.15) is 0 Å². The summed E-state index contributed by atoms with van der Waals surface area (Å²) in [5, 5.41) is 1.17. The number of unbranched alkanes of at least 4 members (excludes halogenated alkanes) is 1. The van der Waals surface area contributed by atoms with E-state index < -0.39 is 8.32 Å². The highest BCUT2D eigenvalue weighted by atomic mass is 79.9. The van der Waals surface area contributed by atoms with Gasteiger partial charge in [0.05, 0.1) is 5.60 Å². The van der Waals surface area contributed by atoms with Crippen LogP contribution in [0.5, 0.6) is 0 Å². The van der Waals surface area contributed by atoms with Gasteiger partial charge in [0.1, 0.15) is 0 Å². The summed E-state index contributed by atoms with van der Waals surface area (Å²) in [6, 6.07) is 0. The van der Waals surface area contributed by atoms with Crippen LogP contribution in [-0.4, -0.2) is 19.2 Å². The van der Waals surface area contributed by atoms with Gasteiger partial charge in [-0.25, -0.2) is 0 Å². The van der Waals surface area contributed by atoms with E-state index in [9.17, 15) is 0 Å². The third-order valence-corrected chi connectivity index (χ3v) is 9.23. The summed E-state index contributed by atoms with van der Waals surface area (Å²) in [4.78, 5) is 0. The maximum atomic E-state index is 6.77. The number of alkyl halides is 1. The van der Waals surface area contributed by atoms with Gasteiger partial charge in [-0.3, -0.25) is 0 Å². The summed E-state index contributed by atoms with van der Waals surface area (Å²) < 4.78 is 6.77. The van der Waals surface area contributed by atoms with Crippen molar-refractivity contribution in [1.29, 1.82) is 0 Å². The topological polar surface area (TPSA) is 9.23 Å². The molecule has 0 rings (SSSR count). The van der Waals surface area contributed by atoms with Gasteiger partial charge in [0, 0.05) is 5.33 Å². The molecule has 114 valence electrons. The monoisotopic (exact) mass is 348 g/mol. The van der Waals surface area contributed by atoms with Crippen LogP contribution in [0, 0.1) is 0 Å². The van der Waals surface area contributed by atoms with E-state index in [0.717, 1.165) is 18.2 Å². The molecule has 0 aromatic carbocycles. The van der Waals surface area contributed by atoms with E-state index in [1.807, 2.05) is 0 Å². The van der Waals surface area contributed by atoms with Crippen molar-refractivity contribution in [3.8, 4) is 0 Å². The zero-order valence-electron chi connectivity index (χ0n) is 14.0. The minimum absolute atomic E-state index is 0.0627. The second-order valence-corrected chi connectivity index (χ2v) is 12.3. The Hall–Kier alpha value is 0.397. The summed E-state index contributed by atoms with van der Waals surface area (Å²) >= 11 is 3.49. The molecular weight excluding hydrogens is 316 g/mol. The predicted octanol–water partition coefficient (Wildman–Crippen LogP) is 6.30. The number of rotatable bonds is 8. The molecule has 0 aliphatic heterocycles. The zero-order chi connectivity index (χ0) is 15.2. The standard InChI is InChI=1S/C16H33BrOSi/c1-8-10-12-16(9-2,13-11-14-17)18-19(6,7)15(3,4)5/h11,13H,8-10,12,14H2,1-7H3. The Bertz CT molecular complexity index is 281. The number of hydrogen-bond acceptors (Lipinski definition) is 1. The molecule has 0 N–H and O–H groups in total. The predicted molar refractivity (Wildman–Crippen MR) is 93.8 cm³/mol. The van der Waals surface area contributed by atoms with Gasteiger partial charge in [0.25, 0.3) is 0 Å². The van der Waals surface area contributed by atoms with Crippen LogP contribution >= 0.6 is 15.9 Å². The van der Waals surface area contributed by atoms with E-state index in [2.05, 4.69) is 75.8 Å². The van der Waals surface area contributed by atoms with Crippen molar-refractivity contribution in [3.63, 3.8) is 0 Å². The molecule has 0 spiro atoms. The molecule has 0 aliphatic carbocycles. The Balaban J connectivity index is 5.17. The molecule has 0 amide bonds. The molecule has 0 heterocycles. The van der Waals surface area contributed by atoms with Crippen LogP contribution in [-0.2, 0) is 4.43 Å². The van der Waals surface area contributed by atoms with E-state index in [1.165, 1.54) is 12.8 Å². The third-order valence-electron chi connectivity index (χ3n) is 4.33. The smallest absolute Gasteiger partial charge is 0.193 e. The molecule has 0 aliphatic rings. The average molecular weight is 349 g/mol. The fraction of sp³-hybridized carbons (Fsp3) is 0.875. The quantitative estimate of drug-likeness (QED) is 0.284. The van der Waals surface area contributed by atoms with Crippen LogP contribution in [0.1, 0.15) is 60.3 Å². The Kier molecular flexibility index (Phi) is 8.16. The first-order valence-corrected chi connectivity index (χ1v) is 11.6. The maximum absolute atomic E-state index is 6.77. The summed E-state index contributed by atoms with van der Waals surface area (Å²) in [7, 11) is -1.73. The van der Waals surface area contributed by atoms with Crippen molar-refractivity contribution in [2.24, 2.45) is 0 Å². The molecule has 19 heavy (non-hydrogen) atoms. The largest absolute Gasteiger partial charge is 0.408 e. The highest BCUT2D eigenvalue weighted by Gasteiger charge is 2.42. The van der Waals surface area contributed by atoms with Crippen molar-refractivity contribution in [2.45, 2.75) is 84.0 Å². The Morgan fingerprint density at radius 3 is 2.11 bits per heavy atom. The second kappa shape index (κ2) is 7.99. The molecule has 3 heteroatoms. The lowest BCUT2D eigenvalue weighted by molar-refractivity contribution is 0.0857. The lowest BCUT2D eigenvalue weighted by atomic mass is 9.93. The summed E-state index contributed by atoms with van der Waals surface area (Å²) in [6.45, 7) is 16.1. The lowest BCUT2D eigenvalue weighted by Crippen LogP contribution is -2.49. The Labute approximate surface area is 130 Å². The maximum Gasteiger partial charge on any atom is 0.193 e. The zero-order valence-corrected chi connectivity index (χ0v) is 16.6. The minimum Gasteiger partial charge on any atom is -0.408 e. The lowest BCUT2D eigenvalue weighted by Gasteiger charge is -2.44. The first kappa shape index (κ1) is 19.4. The van der Waals surface area contributed by atoms with Crippen molar-refractivity contribution in [3.05, 3.63) is 12.2 Å². The van der Waals surface area contributed by atoms with Crippen molar-refractivity contribution in [2.75, 3.05) is 5.33 Å². The average Bonchev–Trinajstić information content (AvgIpc) is 2.31. The van der Waals surface area contributed by atoms with Gasteiger partial charge in [0.2, 0.25) is 0 Å². The summed E-state index contributed by atoms with van der Waals surface area (Å²) in [5.41, 5.74) is -0.0627. The second-order valence-electron chi connectivity index (χ2n) is 6.94. The van der Waals surface area contributed by atoms with E-state index in [1.54, 1.807) is 0 Å². The third kappa shape index (κ3) is 6.13.